The Hall–Kier alpha value is -1.51. The standard InChI is InChI=1S/C34H56O7/c1-7-27(35)24(5)25(6)33(38)29-16-12-14-21(2)17-30-23(4)19-31(40-30)34-28(36)20-26(39-34)15-11-9-8-10-13-22(3)18-32(37)41-29/h8-9,17,22-23,25-31,33-36,38H,5,7,10-16,18-20H2,1-4,6H3/b9-8+,21-17+/t22-,23-,25+,26-,27+,28-,29+,30-,31-,33-,34-/m1/s1. The molecule has 7 nitrogen and oxygen atoms in total. The van der Waals surface area contributed by atoms with Gasteiger partial charge in [0, 0.05) is 18.8 Å². The van der Waals surface area contributed by atoms with E-state index in [2.05, 4.69) is 45.6 Å². The second-order valence-corrected chi connectivity index (χ2v) is 13.0. The number of esters is 1. The zero-order valence-electron chi connectivity index (χ0n) is 26.0. The SMILES string of the molecule is C=C([C@@H](O)CC)[C@H](C)[C@@H](O)[C@@H]1CCC/C(C)=C/[C@H]2O[C@H](C[C@H]2C)[C@@H]2O[C@H](CC/C=C/CC[C@@H](C)CC(=O)O1)C[C@H]2O. The molecule has 234 valence electrons. The highest BCUT2D eigenvalue weighted by atomic mass is 16.6. The van der Waals surface area contributed by atoms with Crippen LogP contribution in [0.2, 0.25) is 0 Å². The van der Waals surface area contributed by atoms with E-state index in [9.17, 15) is 20.1 Å². The molecular weight excluding hydrogens is 520 g/mol. The Kier molecular flexibility index (Phi) is 13.6. The Morgan fingerprint density at radius 1 is 1.10 bits per heavy atom. The molecule has 4 bridgehead atoms. The summed E-state index contributed by atoms with van der Waals surface area (Å²) in [4.78, 5) is 12.9. The van der Waals surface area contributed by atoms with Gasteiger partial charge in [0.15, 0.2) is 0 Å². The van der Waals surface area contributed by atoms with Crippen LogP contribution in [-0.4, -0.2) is 70.1 Å². The molecule has 0 aliphatic carbocycles. The minimum atomic E-state index is -0.943. The lowest BCUT2D eigenvalue weighted by Gasteiger charge is -2.30. The number of hydrogen-bond acceptors (Lipinski definition) is 7. The molecule has 0 aromatic carbocycles. The number of rotatable bonds is 5. The molecule has 3 heterocycles. The Morgan fingerprint density at radius 3 is 2.51 bits per heavy atom. The van der Waals surface area contributed by atoms with Crippen molar-refractivity contribution < 1.29 is 34.3 Å². The predicted octanol–water partition coefficient (Wildman–Crippen LogP) is 5.81. The predicted molar refractivity (Wildman–Crippen MR) is 161 cm³/mol. The molecule has 41 heavy (non-hydrogen) atoms. The summed E-state index contributed by atoms with van der Waals surface area (Å²) >= 11 is 0. The number of allylic oxidation sites excluding steroid dienone is 3. The van der Waals surface area contributed by atoms with E-state index in [4.69, 9.17) is 14.2 Å². The van der Waals surface area contributed by atoms with E-state index in [0.29, 0.717) is 37.2 Å². The van der Waals surface area contributed by atoms with Crippen molar-refractivity contribution in [2.45, 2.75) is 154 Å². The molecule has 3 rings (SSSR count). The van der Waals surface area contributed by atoms with E-state index in [0.717, 1.165) is 44.9 Å². The lowest BCUT2D eigenvalue weighted by Crippen LogP contribution is -2.38. The van der Waals surface area contributed by atoms with Crippen molar-refractivity contribution in [1.82, 2.24) is 0 Å². The highest BCUT2D eigenvalue weighted by molar-refractivity contribution is 5.69. The van der Waals surface area contributed by atoms with Crippen molar-refractivity contribution in [3.05, 3.63) is 36.0 Å². The van der Waals surface area contributed by atoms with E-state index >= 15 is 0 Å². The van der Waals surface area contributed by atoms with Crippen LogP contribution in [0.5, 0.6) is 0 Å². The first-order chi connectivity index (χ1) is 19.5. The van der Waals surface area contributed by atoms with Gasteiger partial charge in [-0.25, -0.2) is 0 Å². The molecule has 3 N–H and O–H groups in total. The molecule has 0 amide bonds. The lowest BCUT2D eigenvalue weighted by atomic mass is 9.87. The molecule has 0 aromatic rings. The molecular formula is C34H56O7. The summed E-state index contributed by atoms with van der Waals surface area (Å²) in [6.45, 7) is 14.1. The highest BCUT2D eigenvalue weighted by Crippen LogP contribution is 2.37. The van der Waals surface area contributed by atoms with Gasteiger partial charge in [0.1, 0.15) is 12.2 Å². The van der Waals surface area contributed by atoms with Crippen LogP contribution in [0.15, 0.2) is 36.0 Å². The number of fused-ring (bicyclic) bond motifs is 5. The fourth-order valence-corrected chi connectivity index (χ4v) is 6.45. The van der Waals surface area contributed by atoms with Gasteiger partial charge in [0.25, 0.3) is 0 Å². The van der Waals surface area contributed by atoms with Crippen LogP contribution in [0.1, 0.15) is 105 Å². The summed E-state index contributed by atoms with van der Waals surface area (Å²) in [5, 5.41) is 32.3. The minimum absolute atomic E-state index is 0.0322. The molecule has 0 radical (unpaired) electrons. The number of aliphatic hydroxyl groups is 3. The average molecular weight is 577 g/mol. The quantitative estimate of drug-likeness (QED) is 0.280. The number of carbonyl (C=O) groups is 1. The summed E-state index contributed by atoms with van der Waals surface area (Å²) in [7, 11) is 0. The minimum Gasteiger partial charge on any atom is -0.460 e. The van der Waals surface area contributed by atoms with Crippen molar-refractivity contribution >= 4 is 5.97 Å². The molecule has 0 saturated carbocycles. The fraction of sp³-hybridized carbons (Fsp3) is 0.794. The number of hydrogen-bond donors (Lipinski definition) is 3. The summed E-state index contributed by atoms with van der Waals surface area (Å²) in [6.07, 6.45) is 11.2. The maximum absolute atomic E-state index is 12.9. The van der Waals surface area contributed by atoms with Gasteiger partial charge in [0.2, 0.25) is 0 Å². The van der Waals surface area contributed by atoms with E-state index in [1.807, 2.05) is 13.8 Å². The molecule has 0 spiro atoms. The third-order valence-corrected chi connectivity index (χ3v) is 9.34. The first-order valence-electron chi connectivity index (χ1n) is 16.1. The number of carbonyl (C=O) groups excluding carboxylic acids is 1. The first-order valence-corrected chi connectivity index (χ1v) is 16.1. The van der Waals surface area contributed by atoms with Gasteiger partial charge in [-0.15, -0.1) is 0 Å². The molecule has 2 saturated heterocycles. The van der Waals surface area contributed by atoms with Crippen LogP contribution in [0.3, 0.4) is 0 Å². The molecule has 7 heteroatoms. The Labute approximate surface area is 248 Å². The van der Waals surface area contributed by atoms with E-state index in [1.54, 1.807) is 0 Å². The number of aliphatic hydroxyl groups excluding tert-OH is 3. The molecule has 2 fully saturated rings. The number of ether oxygens (including phenoxy) is 3. The van der Waals surface area contributed by atoms with E-state index in [1.165, 1.54) is 5.57 Å². The van der Waals surface area contributed by atoms with Crippen LogP contribution in [0, 0.1) is 17.8 Å². The van der Waals surface area contributed by atoms with Crippen LogP contribution < -0.4 is 0 Å². The summed E-state index contributed by atoms with van der Waals surface area (Å²) in [5.41, 5.74) is 1.75. The Morgan fingerprint density at radius 2 is 1.80 bits per heavy atom. The molecule has 3 aliphatic rings. The van der Waals surface area contributed by atoms with Crippen LogP contribution >= 0.6 is 0 Å². The zero-order chi connectivity index (χ0) is 30.1. The second kappa shape index (κ2) is 16.4. The van der Waals surface area contributed by atoms with Gasteiger partial charge in [-0.3, -0.25) is 4.79 Å². The van der Waals surface area contributed by atoms with Crippen LogP contribution in [0.25, 0.3) is 0 Å². The molecule has 0 unspecified atom stereocenters. The highest BCUT2D eigenvalue weighted by Gasteiger charge is 2.44. The monoisotopic (exact) mass is 576 g/mol. The van der Waals surface area contributed by atoms with E-state index in [-0.39, 0.29) is 36.3 Å². The van der Waals surface area contributed by atoms with E-state index < -0.39 is 30.3 Å². The van der Waals surface area contributed by atoms with Crippen LogP contribution in [-0.2, 0) is 19.0 Å². The first kappa shape index (κ1) is 34.0. The summed E-state index contributed by atoms with van der Waals surface area (Å²) < 4.78 is 18.6. The fourth-order valence-electron chi connectivity index (χ4n) is 6.45. The maximum Gasteiger partial charge on any atom is 0.306 e. The summed E-state index contributed by atoms with van der Waals surface area (Å²) in [5.74, 6) is -0.213. The van der Waals surface area contributed by atoms with Crippen molar-refractivity contribution in [2.75, 3.05) is 0 Å². The normalized spacial score (nSPS) is 38.8. The smallest absolute Gasteiger partial charge is 0.306 e. The average Bonchev–Trinajstić information content (AvgIpc) is 3.48. The largest absolute Gasteiger partial charge is 0.460 e. The summed E-state index contributed by atoms with van der Waals surface area (Å²) in [6, 6.07) is 0. The number of cyclic esters (lactones) is 1. The molecule has 3 aliphatic heterocycles. The van der Waals surface area contributed by atoms with Crippen molar-refractivity contribution in [2.24, 2.45) is 17.8 Å². The van der Waals surface area contributed by atoms with Crippen LogP contribution in [0.4, 0.5) is 0 Å². The topological polar surface area (TPSA) is 105 Å². The third kappa shape index (κ3) is 10.0. The Bertz CT molecular complexity index is 898. The zero-order valence-corrected chi connectivity index (χ0v) is 26.0. The van der Waals surface area contributed by atoms with Gasteiger partial charge >= 0.3 is 5.97 Å². The van der Waals surface area contributed by atoms with Crippen molar-refractivity contribution in [3.63, 3.8) is 0 Å². The van der Waals surface area contributed by atoms with Crippen molar-refractivity contribution in [3.8, 4) is 0 Å². The van der Waals surface area contributed by atoms with Gasteiger partial charge in [-0.1, -0.05) is 58.1 Å². The third-order valence-electron chi connectivity index (χ3n) is 9.34. The van der Waals surface area contributed by atoms with Gasteiger partial charge in [-0.05, 0) is 82.1 Å². The maximum atomic E-state index is 12.9. The van der Waals surface area contributed by atoms with Gasteiger partial charge < -0.3 is 29.5 Å². The lowest BCUT2D eigenvalue weighted by molar-refractivity contribution is -0.158. The van der Waals surface area contributed by atoms with Crippen molar-refractivity contribution in [1.29, 1.82) is 0 Å². The molecule has 11 atom stereocenters. The Balaban J connectivity index is 1.73. The molecule has 0 aromatic heterocycles. The van der Waals surface area contributed by atoms with Gasteiger partial charge in [0.05, 0.1) is 36.6 Å². The second-order valence-electron chi connectivity index (χ2n) is 13.0. The van der Waals surface area contributed by atoms with Gasteiger partial charge in [-0.2, -0.15) is 0 Å².